The van der Waals surface area contributed by atoms with Gasteiger partial charge in [0.15, 0.2) is 20.8 Å². The first-order valence-corrected chi connectivity index (χ1v) is 6.54. The minimum absolute atomic E-state index is 0. The molecule has 0 saturated carbocycles. The largest absolute Gasteiger partial charge is 1.00 e. The van der Waals surface area contributed by atoms with Crippen molar-refractivity contribution in [2.75, 3.05) is 0 Å². The van der Waals surface area contributed by atoms with Gasteiger partial charge in [0.1, 0.15) is 0 Å². The Kier molecular flexibility index (Phi) is 12.5. The van der Waals surface area contributed by atoms with Crippen molar-refractivity contribution >= 4 is 15.2 Å². The van der Waals surface area contributed by atoms with E-state index in [9.17, 15) is 18.9 Å². The first-order chi connectivity index (χ1) is 5.57. The van der Waals surface area contributed by atoms with Crippen molar-refractivity contribution in [2.24, 2.45) is 0 Å². The number of aliphatic hydroxyl groups excluding tert-OH is 1. The average Bonchev–Trinajstić information content (AvgIpc) is 1.80. The van der Waals surface area contributed by atoms with Crippen LogP contribution in [0.5, 0.6) is 0 Å². The van der Waals surface area contributed by atoms with Crippen LogP contribution in [0.25, 0.3) is 0 Å². The van der Waals surface area contributed by atoms with Crippen molar-refractivity contribution in [3.63, 3.8) is 0 Å². The third-order valence-corrected chi connectivity index (χ3v) is 4.52. The zero-order valence-corrected chi connectivity index (χ0v) is 14.8. The molecule has 0 aliphatic carbocycles. The quantitative estimate of drug-likeness (QED) is 0.386. The van der Waals surface area contributed by atoms with Gasteiger partial charge in [0, 0.05) is 0 Å². The van der Waals surface area contributed by atoms with E-state index in [1.807, 2.05) is 0 Å². The molecule has 0 fully saturated rings. The van der Waals surface area contributed by atoms with Gasteiger partial charge in [-0.15, -0.1) is 0 Å². The Labute approximate surface area is 132 Å². The van der Waals surface area contributed by atoms with Gasteiger partial charge in [0.25, 0.3) is 0 Å². The maximum atomic E-state index is 10.8. The van der Waals surface area contributed by atoms with Gasteiger partial charge >= 0.3 is 59.1 Å². The molecule has 0 bridgehead atoms. The molecule has 0 heterocycles. The molecule has 80 valence electrons. The van der Waals surface area contributed by atoms with Crippen LogP contribution in [0, 0.1) is 0 Å². The van der Waals surface area contributed by atoms with Crippen LogP contribution < -0.4 is 68.9 Å². The van der Waals surface area contributed by atoms with Crippen molar-refractivity contribution < 1.29 is 92.6 Å². The smallest absolute Gasteiger partial charge is 0.776 e. The van der Waals surface area contributed by atoms with Gasteiger partial charge in [-0.2, -0.15) is 0 Å². The molecule has 3 atom stereocenters. The van der Waals surface area contributed by atoms with Crippen LogP contribution in [-0.4, -0.2) is 21.7 Å². The number of hydrogen-bond acceptors (Lipinski definition) is 6. The number of aliphatic hydroxyl groups is 1. The van der Waals surface area contributed by atoms with E-state index in [1.165, 1.54) is 13.8 Å². The molecule has 0 spiro atoms. The fraction of sp³-hybridized carbons (Fsp3) is 1.00. The third kappa shape index (κ3) is 8.91. The summed E-state index contributed by atoms with van der Waals surface area (Å²) >= 11 is 0. The van der Waals surface area contributed by atoms with Crippen molar-refractivity contribution in [1.29, 1.82) is 0 Å². The third-order valence-electron chi connectivity index (χ3n) is 0.932. The molecule has 15 heavy (non-hydrogen) atoms. The maximum Gasteiger partial charge on any atom is 1.00 e. The summed E-state index contributed by atoms with van der Waals surface area (Å²) in [7, 11) is -10.3. The predicted octanol–water partition coefficient (Wildman–Crippen LogP) is -7.21. The number of rotatable bonds is 4. The van der Waals surface area contributed by atoms with E-state index in [0.29, 0.717) is 0 Å². The standard InChI is InChI=1S/C4H12O7P2.2Na/c1-3(2)11-13(9,10)4(5)12(6,7)8;;/h3-5H,1-2H3,(H,9,10)(H2,6,7,8);;/q;2*+1/p-2. The molecule has 0 aromatic rings. The maximum absolute atomic E-state index is 10.8. The second-order valence-corrected chi connectivity index (χ2v) is 6.41. The summed E-state index contributed by atoms with van der Waals surface area (Å²) in [6.45, 7) is 2.68. The van der Waals surface area contributed by atoms with Crippen LogP contribution in [0.15, 0.2) is 0 Å². The first-order valence-electron chi connectivity index (χ1n) is 3.28. The van der Waals surface area contributed by atoms with Crippen LogP contribution in [0.2, 0.25) is 0 Å². The molecule has 0 aromatic heterocycles. The molecule has 0 saturated heterocycles. The first kappa shape index (κ1) is 22.4. The molecule has 3 unspecified atom stereocenters. The fourth-order valence-electron chi connectivity index (χ4n) is 0.527. The molecular formula is C4H10Na2O7P2. The van der Waals surface area contributed by atoms with Crippen LogP contribution in [0.3, 0.4) is 0 Å². The van der Waals surface area contributed by atoms with E-state index in [2.05, 4.69) is 4.52 Å². The van der Waals surface area contributed by atoms with Crippen molar-refractivity contribution in [1.82, 2.24) is 0 Å². The summed E-state index contributed by atoms with van der Waals surface area (Å²) in [5, 5.41) is 8.64. The molecule has 0 radical (unpaired) electrons. The molecule has 11 heteroatoms. The molecule has 0 aromatic carbocycles. The molecule has 0 aliphatic heterocycles. The SMILES string of the molecule is CC(C)OP(=O)([O-])C(O)P(=O)([O-])O.[Na+].[Na+]. The Morgan fingerprint density at radius 1 is 1.20 bits per heavy atom. The van der Waals surface area contributed by atoms with E-state index in [-0.39, 0.29) is 59.1 Å². The van der Waals surface area contributed by atoms with Gasteiger partial charge in [0.2, 0.25) is 0 Å². The second-order valence-electron chi connectivity index (χ2n) is 2.60. The topological polar surface area (TPSA) is 130 Å². The molecule has 0 amide bonds. The Balaban J connectivity index is -0.000000720. The Bertz CT molecular complexity index is 264. The van der Waals surface area contributed by atoms with Gasteiger partial charge in [-0.1, -0.05) is 0 Å². The normalized spacial score (nSPS) is 20.5. The summed E-state index contributed by atoms with van der Waals surface area (Å²) in [6, 6.07) is 0. The Morgan fingerprint density at radius 3 is 1.73 bits per heavy atom. The fourth-order valence-corrected chi connectivity index (χ4v) is 2.82. The Hall–Kier alpha value is 2.26. The van der Waals surface area contributed by atoms with E-state index in [0.717, 1.165) is 0 Å². The Morgan fingerprint density at radius 2 is 1.53 bits per heavy atom. The molecule has 0 aliphatic rings. The van der Waals surface area contributed by atoms with Gasteiger partial charge in [-0.3, -0.25) is 0 Å². The van der Waals surface area contributed by atoms with Gasteiger partial charge in [-0.05, 0) is 13.8 Å². The van der Waals surface area contributed by atoms with E-state index >= 15 is 0 Å². The van der Waals surface area contributed by atoms with E-state index in [4.69, 9.17) is 10.00 Å². The molecular weight excluding hydrogens is 268 g/mol. The summed E-state index contributed by atoms with van der Waals surface area (Å²) in [5.41, 5.74) is -2.90. The zero-order valence-electron chi connectivity index (χ0n) is 8.98. The molecule has 0 rings (SSSR count). The van der Waals surface area contributed by atoms with Gasteiger partial charge in [0.05, 0.1) is 6.10 Å². The minimum Gasteiger partial charge on any atom is -0.776 e. The summed E-state index contributed by atoms with van der Waals surface area (Å²) in [6.07, 6.45) is -0.801. The van der Waals surface area contributed by atoms with Crippen molar-refractivity contribution in [3.05, 3.63) is 0 Å². The van der Waals surface area contributed by atoms with Gasteiger partial charge in [-0.25, -0.2) is 0 Å². The van der Waals surface area contributed by atoms with Crippen molar-refractivity contribution in [3.8, 4) is 0 Å². The van der Waals surface area contributed by atoms with Crippen LogP contribution in [0.1, 0.15) is 13.8 Å². The molecule has 2 N–H and O–H groups in total. The van der Waals surface area contributed by atoms with E-state index in [1.54, 1.807) is 0 Å². The zero-order chi connectivity index (χ0) is 10.9. The average molecular weight is 278 g/mol. The van der Waals surface area contributed by atoms with Crippen molar-refractivity contribution in [2.45, 2.75) is 25.5 Å². The van der Waals surface area contributed by atoms with Crippen LogP contribution in [0.4, 0.5) is 0 Å². The van der Waals surface area contributed by atoms with Gasteiger partial charge < -0.3 is 33.4 Å². The summed E-state index contributed by atoms with van der Waals surface area (Å²) in [5.74, 6) is 0. The monoisotopic (exact) mass is 278 g/mol. The molecule has 7 nitrogen and oxygen atoms in total. The minimum atomic E-state index is -5.33. The predicted molar refractivity (Wildman–Crippen MR) is 39.7 cm³/mol. The summed E-state index contributed by atoms with van der Waals surface area (Å²) in [4.78, 5) is 29.3. The van der Waals surface area contributed by atoms with E-state index < -0.39 is 26.9 Å². The number of hydrogen-bond donors (Lipinski definition) is 2. The van der Waals surface area contributed by atoms with Crippen LogP contribution >= 0.6 is 15.2 Å². The summed E-state index contributed by atoms with van der Waals surface area (Å²) < 4.78 is 25.2. The second kappa shape index (κ2) is 8.38. The van der Waals surface area contributed by atoms with Crippen LogP contribution in [-0.2, 0) is 13.7 Å².